The molecule has 0 saturated carbocycles. The molecule has 0 aliphatic carbocycles. The van der Waals surface area contributed by atoms with Crippen LogP contribution in [0.1, 0.15) is 49.8 Å². The summed E-state index contributed by atoms with van der Waals surface area (Å²) in [6.45, 7) is 8.57. The van der Waals surface area contributed by atoms with Crippen LogP contribution in [0, 0.1) is 13.8 Å². The Morgan fingerprint density at radius 3 is 2.26 bits per heavy atom. The summed E-state index contributed by atoms with van der Waals surface area (Å²) >= 11 is 0. The maximum absolute atomic E-state index is 13.3. The SMILES string of the molecule is CCNC(=O)[C@H](CC)N(Cc1ccccc1)C(=O)CCCN(c1cccc(C)c1C)S(C)(=O)=O. The lowest BCUT2D eigenvalue weighted by Gasteiger charge is -2.31. The van der Waals surface area contributed by atoms with Gasteiger partial charge < -0.3 is 10.2 Å². The summed E-state index contributed by atoms with van der Waals surface area (Å²) < 4.78 is 26.4. The highest BCUT2D eigenvalue weighted by Gasteiger charge is 2.28. The fourth-order valence-electron chi connectivity index (χ4n) is 3.98. The Balaban J connectivity index is 2.21. The molecule has 2 rings (SSSR count). The Morgan fingerprint density at radius 2 is 1.68 bits per heavy atom. The van der Waals surface area contributed by atoms with Crippen molar-refractivity contribution < 1.29 is 18.0 Å². The molecule has 0 heterocycles. The number of sulfonamides is 1. The first kappa shape index (κ1) is 27.4. The third-order valence-corrected chi connectivity index (χ3v) is 7.11. The van der Waals surface area contributed by atoms with E-state index in [-0.39, 0.29) is 24.8 Å². The summed E-state index contributed by atoms with van der Waals surface area (Å²) in [7, 11) is -3.52. The molecule has 0 radical (unpaired) electrons. The molecule has 34 heavy (non-hydrogen) atoms. The molecular formula is C26H37N3O4S. The smallest absolute Gasteiger partial charge is 0.242 e. The quantitative estimate of drug-likeness (QED) is 0.493. The molecule has 0 fully saturated rings. The van der Waals surface area contributed by atoms with Crippen molar-refractivity contribution >= 4 is 27.5 Å². The molecule has 0 aromatic heterocycles. The van der Waals surface area contributed by atoms with Crippen molar-refractivity contribution in [3.05, 3.63) is 65.2 Å². The van der Waals surface area contributed by atoms with E-state index in [0.717, 1.165) is 16.7 Å². The molecule has 1 atom stereocenters. The summed E-state index contributed by atoms with van der Waals surface area (Å²) in [4.78, 5) is 27.6. The van der Waals surface area contributed by atoms with Crippen LogP contribution in [0.5, 0.6) is 0 Å². The fraction of sp³-hybridized carbons (Fsp3) is 0.462. The van der Waals surface area contributed by atoms with Crippen LogP contribution >= 0.6 is 0 Å². The lowest BCUT2D eigenvalue weighted by atomic mass is 10.1. The topological polar surface area (TPSA) is 86.8 Å². The average molecular weight is 488 g/mol. The number of benzene rings is 2. The Hall–Kier alpha value is -2.87. The Bertz CT molecular complexity index is 1070. The van der Waals surface area contributed by atoms with Gasteiger partial charge in [-0.25, -0.2) is 8.42 Å². The number of hydrogen-bond acceptors (Lipinski definition) is 4. The Kier molecular flexibility index (Phi) is 10.1. The summed E-state index contributed by atoms with van der Waals surface area (Å²) in [5, 5.41) is 2.82. The first-order valence-electron chi connectivity index (χ1n) is 11.7. The monoisotopic (exact) mass is 487 g/mol. The van der Waals surface area contributed by atoms with E-state index in [0.29, 0.717) is 31.6 Å². The maximum atomic E-state index is 13.3. The van der Waals surface area contributed by atoms with Gasteiger partial charge in [0.15, 0.2) is 0 Å². The normalized spacial score (nSPS) is 12.1. The average Bonchev–Trinajstić information content (AvgIpc) is 2.79. The number of carbonyl (C=O) groups excluding carboxylic acids is 2. The molecule has 2 amide bonds. The minimum atomic E-state index is -3.52. The van der Waals surface area contributed by atoms with E-state index in [2.05, 4.69) is 5.32 Å². The highest BCUT2D eigenvalue weighted by atomic mass is 32.2. The molecule has 0 saturated heterocycles. The number of rotatable bonds is 12. The van der Waals surface area contributed by atoms with Gasteiger partial charge in [0.05, 0.1) is 11.9 Å². The number of nitrogens with zero attached hydrogens (tertiary/aromatic N) is 2. The van der Waals surface area contributed by atoms with Crippen LogP contribution < -0.4 is 9.62 Å². The number of aryl methyl sites for hydroxylation is 1. The van der Waals surface area contributed by atoms with Gasteiger partial charge >= 0.3 is 0 Å². The number of hydrogen-bond donors (Lipinski definition) is 1. The highest BCUT2D eigenvalue weighted by molar-refractivity contribution is 7.92. The molecule has 7 nitrogen and oxygen atoms in total. The van der Waals surface area contributed by atoms with Gasteiger partial charge in [-0.05, 0) is 56.4 Å². The molecule has 8 heteroatoms. The second-order valence-corrected chi connectivity index (χ2v) is 10.4. The van der Waals surface area contributed by atoms with Gasteiger partial charge in [0.25, 0.3) is 0 Å². The summed E-state index contributed by atoms with van der Waals surface area (Å²) in [5.41, 5.74) is 3.47. The number of likely N-dealkylation sites (N-methyl/N-ethyl adjacent to an activating group) is 1. The summed E-state index contributed by atoms with van der Waals surface area (Å²) in [6, 6.07) is 14.5. The van der Waals surface area contributed by atoms with E-state index < -0.39 is 16.1 Å². The Morgan fingerprint density at radius 1 is 1.00 bits per heavy atom. The predicted octanol–water partition coefficient (Wildman–Crippen LogP) is 3.79. The zero-order chi connectivity index (χ0) is 25.3. The maximum Gasteiger partial charge on any atom is 0.242 e. The van der Waals surface area contributed by atoms with E-state index in [1.54, 1.807) is 11.0 Å². The van der Waals surface area contributed by atoms with Crippen molar-refractivity contribution in [1.29, 1.82) is 0 Å². The van der Waals surface area contributed by atoms with Crippen molar-refractivity contribution in [1.82, 2.24) is 10.2 Å². The summed E-state index contributed by atoms with van der Waals surface area (Å²) in [5.74, 6) is -0.348. The third-order valence-electron chi connectivity index (χ3n) is 5.93. The number of nitrogens with one attached hydrogen (secondary N) is 1. The lowest BCUT2D eigenvalue weighted by Crippen LogP contribution is -2.49. The third kappa shape index (κ3) is 7.32. The van der Waals surface area contributed by atoms with E-state index in [9.17, 15) is 18.0 Å². The van der Waals surface area contributed by atoms with Crippen LogP contribution in [0.2, 0.25) is 0 Å². The van der Waals surface area contributed by atoms with Crippen molar-refractivity contribution in [3.8, 4) is 0 Å². The molecule has 186 valence electrons. The standard InChI is InChI=1S/C26H37N3O4S/c1-6-23(26(31)27-7-2)28(19-22-14-9-8-10-15-22)25(30)17-12-18-29(34(5,32)33)24-16-11-13-20(3)21(24)4/h8-11,13-16,23H,6-7,12,17-19H2,1-5H3,(H,27,31)/t23-/m0/s1. The van der Waals surface area contributed by atoms with Crippen LogP contribution in [0.4, 0.5) is 5.69 Å². The van der Waals surface area contributed by atoms with Crippen LogP contribution in [-0.4, -0.2) is 50.5 Å². The fourth-order valence-corrected chi connectivity index (χ4v) is 5.00. The van der Waals surface area contributed by atoms with E-state index >= 15 is 0 Å². The van der Waals surface area contributed by atoms with Crippen LogP contribution in [-0.2, 0) is 26.2 Å². The number of amides is 2. The molecule has 0 unspecified atom stereocenters. The van der Waals surface area contributed by atoms with Crippen molar-refractivity contribution in [2.24, 2.45) is 0 Å². The van der Waals surface area contributed by atoms with Crippen LogP contribution in [0.15, 0.2) is 48.5 Å². The highest BCUT2D eigenvalue weighted by Crippen LogP contribution is 2.25. The zero-order valence-corrected chi connectivity index (χ0v) is 21.7. The molecule has 2 aromatic rings. The largest absolute Gasteiger partial charge is 0.355 e. The van der Waals surface area contributed by atoms with Gasteiger partial charge in [-0.2, -0.15) is 0 Å². The van der Waals surface area contributed by atoms with Gasteiger partial charge in [-0.15, -0.1) is 0 Å². The molecule has 0 bridgehead atoms. The molecule has 0 aliphatic rings. The molecule has 0 aliphatic heterocycles. The summed E-state index contributed by atoms with van der Waals surface area (Å²) in [6.07, 6.45) is 2.15. The van der Waals surface area contributed by atoms with Crippen LogP contribution in [0.3, 0.4) is 0 Å². The molecule has 2 aromatic carbocycles. The number of carbonyl (C=O) groups is 2. The van der Waals surface area contributed by atoms with Gasteiger partial charge in [0, 0.05) is 26.1 Å². The Labute approximate surface area is 204 Å². The molecular weight excluding hydrogens is 450 g/mol. The van der Waals surface area contributed by atoms with Crippen molar-refractivity contribution in [2.75, 3.05) is 23.7 Å². The van der Waals surface area contributed by atoms with Crippen molar-refractivity contribution in [2.45, 2.75) is 59.5 Å². The molecule has 1 N–H and O–H groups in total. The number of anilines is 1. The molecule has 0 spiro atoms. The van der Waals surface area contributed by atoms with Crippen molar-refractivity contribution in [3.63, 3.8) is 0 Å². The van der Waals surface area contributed by atoms with Gasteiger partial charge in [-0.3, -0.25) is 13.9 Å². The van der Waals surface area contributed by atoms with Gasteiger partial charge in [0.1, 0.15) is 6.04 Å². The second kappa shape index (κ2) is 12.6. The zero-order valence-electron chi connectivity index (χ0n) is 20.9. The first-order chi connectivity index (χ1) is 16.1. The van der Waals surface area contributed by atoms with Gasteiger partial charge in [0.2, 0.25) is 21.8 Å². The van der Waals surface area contributed by atoms with Crippen LogP contribution in [0.25, 0.3) is 0 Å². The van der Waals surface area contributed by atoms with E-state index in [4.69, 9.17) is 0 Å². The minimum Gasteiger partial charge on any atom is -0.355 e. The lowest BCUT2D eigenvalue weighted by molar-refractivity contribution is -0.141. The van der Waals surface area contributed by atoms with E-state index in [1.807, 2.05) is 70.2 Å². The second-order valence-electron chi connectivity index (χ2n) is 8.48. The first-order valence-corrected chi connectivity index (χ1v) is 13.6. The minimum absolute atomic E-state index is 0.139. The predicted molar refractivity (Wildman–Crippen MR) is 137 cm³/mol. The van der Waals surface area contributed by atoms with Gasteiger partial charge in [-0.1, -0.05) is 49.4 Å². The van der Waals surface area contributed by atoms with E-state index in [1.165, 1.54) is 10.6 Å².